The molecular weight excluding hydrogens is 457 g/mol. The minimum Gasteiger partial charge on any atom is -0.399 e. The Morgan fingerprint density at radius 1 is 0.622 bits per heavy atom. The van der Waals surface area contributed by atoms with Gasteiger partial charge in [0.05, 0.1) is 22.4 Å². The lowest BCUT2D eigenvalue weighted by Gasteiger charge is -2.32. The van der Waals surface area contributed by atoms with Crippen molar-refractivity contribution in [3.63, 3.8) is 0 Å². The normalized spacial score (nSPS) is 16.3. The van der Waals surface area contributed by atoms with Crippen LogP contribution in [-0.2, 0) is 9.31 Å². The van der Waals surface area contributed by atoms with Gasteiger partial charge in [-0.15, -0.1) is 0 Å². The molecule has 5 aromatic rings. The third-order valence-corrected chi connectivity index (χ3v) is 7.45. The third-order valence-electron chi connectivity index (χ3n) is 7.45. The largest absolute Gasteiger partial charge is 0.494 e. The van der Waals surface area contributed by atoms with Gasteiger partial charge >= 0.3 is 7.12 Å². The fourth-order valence-electron chi connectivity index (χ4n) is 4.55. The van der Waals surface area contributed by atoms with Crippen LogP contribution in [0.15, 0.2) is 97.3 Å². The first-order valence-corrected chi connectivity index (χ1v) is 12.5. The van der Waals surface area contributed by atoms with Crippen molar-refractivity contribution >= 4 is 23.5 Å². The summed E-state index contributed by atoms with van der Waals surface area (Å²) in [6.07, 6.45) is 3.65. The SMILES string of the molecule is CC1(C)OB(c2ccc(-c3nc(-c4ccc(-c5cccnc5)cc4)nc4ccccc34)cc2)OC1(C)C. The van der Waals surface area contributed by atoms with Crippen LogP contribution in [-0.4, -0.2) is 33.3 Å². The lowest BCUT2D eigenvalue weighted by Crippen LogP contribution is -2.41. The maximum absolute atomic E-state index is 6.23. The van der Waals surface area contributed by atoms with Crippen LogP contribution in [0.1, 0.15) is 27.7 Å². The number of hydrogen-bond donors (Lipinski definition) is 0. The van der Waals surface area contributed by atoms with Gasteiger partial charge in [-0.1, -0.05) is 72.8 Å². The van der Waals surface area contributed by atoms with E-state index in [4.69, 9.17) is 19.3 Å². The summed E-state index contributed by atoms with van der Waals surface area (Å²) in [5, 5.41) is 1.02. The van der Waals surface area contributed by atoms with E-state index in [1.54, 1.807) is 6.20 Å². The fourth-order valence-corrected chi connectivity index (χ4v) is 4.55. The molecule has 37 heavy (non-hydrogen) atoms. The van der Waals surface area contributed by atoms with Crippen molar-refractivity contribution in [1.29, 1.82) is 0 Å². The van der Waals surface area contributed by atoms with Crippen molar-refractivity contribution in [2.45, 2.75) is 38.9 Å². The van der Waals surface area contributed by atoms with Crippen molar-refractivity contribution in [2.75, 3.05) is 0 Å². The van der Waals surface area contributed by atoms with Gasteiger partial charge in [0.1, 0.15) is 0 Å². The number of aromatic nitrogens is 3. The van der Waals surface area contributed by atoms with Crippen LogP contribution in [0.25, 0.3) is 44.7 Å². The molecule has 0 bridgehead atoms. The minimum absolute atomic E-state index is 0.374. The lowest BCUT2D eigenvalue weighted by molar-refractivity contribution is 0.00578. The number of para-hydroxylation sites is 1. The third kappa shape index (κ3) is 4.33. The van der Waals surface area contributed by atoms with Crippen LogP contribution < -0.4 is 5.46 Å². The molecule has 1 fully saturated rings. The molecule has 0 N–H and O–H groups in total. The number of hydrogen-bond acceptors (Lipinski definition) is 5. The molecule has 1 aliphatic rings. The Hall–Kier alpha value is -3.87. The van der Waals surface area contributed by atoms with Crippen LogP contribution in [0, 0.1) is 0 Å². The summed E-state index contributed by atoms with van der Waals surface area (Å²) in [6, 6.07) is 28.8. The Morgan fingerprint density at radius 2 is 1.27 bits per heavy atom. The highest BCUT2D eigenvalue weighted by molar-refractivity contribution is 6.62. The highest BCUT2D eigenvalue weighted by Crippen LogP contribution is 2.37. The van der Waals surface area contributed by atoms with Gasteiger partial charge in [-0.3, -0.25) is 4.98 Å². The number of nitrogens with zero attached hydrogens (tertiary/aromatic N) is 3. The summed E-state index contributed by atoms with van der Waals surface area (Å²) >= 11 is 0. The van der Waals surface area contributed by atoms with Gasteiger partial charge in [-0.2, -0.15) is 0 Å². The molecule has 0 unspecified atom stereocenters. The Kier molecular flexibility index (Phi) is 5.66. The summed E-state index contributed by atoms with van der Waals surface area (Å²) in [5.74, 6) is 0.696. The van der Waals surface area contributed by atoms with E-state index in [2.05, 4.69) is 93.3 Å². The van der Waals surface area contributed by atoms with Gasteiger partial charge in [-0.25, -0.2) is 9.97 Å². The molecule has 0 saturated carbocycles. The van der Waals surface area contributed by atoms with Crippen molar-refractivity contribution in [1.82, 2.24) is 15.0 Å². The van der Waals surface area contributed by atoms with E-state index < -0.39 is 7.12 Å². The molecule has 2 aromatic heterocycles. The first-order valence-electron chi connectivity index (χ1n) is 12.5. The number of fused-ring (bicyclic) bond motifs is 1. The van der Waals surface area contributed by atoms with Gasteiger partial charge in [-0.05, 0) is 56.4 Å². The van der Waals surface area contributed by atoms with Crippen LogP contribution >= 0.6 is 0 Å². The summed E-state index contributed by atoms with van der Waals surface area (Å²) in [4.78, 5) is 14.1. The molecule has 0 spiro atoms. The number of benzene rings is 3. The molecule has 3 aromatic carbocycles. The zero-order valence-corrected chi connectivity index (χ0v) is 21.5. The molecule has 0 radical (unpaired) electrons. The van der Waals surface area contributed by atoms with Gasteiger partial charge in [0.25, 0.3) is 0 Å². The fraction of sp³-hybridized carbons (Fsp3) is 0.194. The maximum atomic E-state index is 6.23. The molecule has 6 rings (SSSR count). The molecule has 1 aliphatic heterocycles. The van der Waals surface area contributed by atoms with Crippen molar-refractivity contribution in [3.05, 3.63) is 97.3 Å². The highest BCUT2D eigenvalue weighted by Gasteiger charge is 2.51. The molecule has 1 saturated heterocycles. The Morgan fingerprint density at radius 3 is 1.95 bits per heavy atom. The van der Waals surface area contributed by atoms with E-state index in [-0.39, 0.29) is 11.2 Å². The van der Waals surface area contributed by atoms with Gasteiger partial charge in [0, 0.05) is 28.9 Å². The van der Waals surface area contributed by atoms with E-state index in [1.165, 1.54) is 0 Å². The van der Waals surface area contributed by atoms with Crippen LogP contribution in [0.5, 0.6) is 0 Å². The van der Waals surface area contributed by atoms with Crippen LogP contribution in [0.4, 0.5) is 0 Å². The summed E-state index contributed by atoms with van der Waals surface area (Å²) in [5.41, 5.74) is 6.23. The summed E-state index contributed by atoms with van der Waals surface area (Å²) in [7, 11) is -0.393. The average Bonchev–Trinajstić information content (AvgIpc) is 3.15. The quantitative estimate of drug-likeness (QED) is 0.279. The van der Waals surface area contributed by atoms with E-state index in [1.807, 2.05) is 30.5 Å². The topological polar surface area (TPSA) is 57.1 Å². The lowest BCUT2D eigenvalue weighted by atomic mass is 9.78. The zero-order chi connectivity index (χ0) is 25.6. The van der Waals surface area contributed by atoms with E-state index in [9.17, 15) is 0 Å². The second-order valence-corrected chi connectivity index (χ2v) is 10.4. The Labute approximate surface area is 217 Å². The van der Waals surface area contributed by atoms with E-state index in [0.717, 1.165) is 44.3 Å². The second kappa shape index (κ2) is 8.91. The second-order valence-electron chi connectivity index (χ2n) is 10.4. The molecule has 0 aliphatic carbocycles. The van der Waals surface area contributed by atoms with Crippen molar-refractivity contribution in [2.24, 2.45) is 0 Å². The number of rotatable bonds is 4. The minimum atomic E-state index is -0.393. The zero-order valence-electron chi connectivity index (χ0n) is 21.5. The average molecular weight is 485 g/mol. The van der Waals surface area contributed by atoms with Crippen LogP contribution in [0.2, 0.25) is 0 Å². The molecule has 0 atom stereocenters. The first-order chi connectivity index (χ1) is 17.8. The standard InChI is InChI=1S/C31H28BN3O2/c1-30(2)31(3,4)37-32(36-30)25-17-15-22(16-18-25)28-26-9-5-6-10-27(26)34-29(35-28)23-13-11-21(12-14-23)24-8-7-19-33-20-24/h5-20H,1-4H3. The Balaban J connectivity index is 1.36. The Bertz CT molecular complexity index is 1550. The van der Waals surface area contributed by atoms with Gasteiger partial charge in [0.15, 0.2) is 5.82 Å². The van der Waals surface area contributed by atoms with Crippen molar-refractivity contribution < 1.29 is 9.31 Å². The maximum Gasteiger partial charge on any atom is 0.494 e. The molecule has 3 heterocycles. The van der Waals surface area contributed by atoms with E-state index >= 15 is 0 Å². The first kappa shape index (κ1) is 23.5. The monoisotopic (exact) mass is 485 g/mol. The van der Waals surface area contributed by atoms with E-state index in [0.29, 0.717) is 5.82 Å². The molecule has 0 amide bonds. The molecular formula is C31H28BN3O2. The molecule has 5 nitrogen and oxygen atoms in total. The summed E-state index contributed by atoms with van der Waals surface area (Å²) < 4.78 is 12.5. The predicted molar refractivity (Wildman–Crippen MR) is 149 cm³/mol. The van der Waals surface area contributed by atoms with Crippen LogP contribution in [0.3, 0.4) is 0 Å². The van der Waals surface area contributed by atoms with Gasteiger partial charge in [0.2, 0.25) is 0 Å². The molecule has 6 heteroatoms. The summed E-state index contributed by atoms with van der Waals surface area (Å²) in [6.45, 7) is 8.27. The number of pyridine rings is 1. The van der Waals surface area contributed by atoms with Crippen molar-refractivity contribution in [3.8, 4) is 33.8 Å². The highest BCUT2D eigenvalue weighted by atomic mass is 16.7. The predicted octanol–water partition coefficient (Wildman–Crippen LogP) is 6.33. The smallest absolute Gasteiger partial charge is 0.399 e. The van der Waals surface area contributed by atoms with Gasteiger partial charge < -0.3 is 9.31 Å². The molecule has 182 valence electrons.